The Morgan fingerprint density at radius 1 is 1.67 bits per heavy atom. The van der Waals surface area contributed by atoms with E-state index in [1.54, 1.807) is 12.5 Å². The first-order valence-corrected chi connectivity index (χ1v) is 6.98. The number of ether oxygens (including phenoxy) is 1. The van der Waals surface area contributed by atoms with Crippen LogP contribution >= 0.6 is 11.3 Å². The van der Waals surface area contributed by atoms with Gasteiger partial charge in [0.2, 0.25) is 0 Å². The van der Waals surface area contributed by atoms with Crippen LogP contribution in [0.15, 0.2) is 5.38 Å². The van der Waals surface area contributed by atoms with Gasteiger partial charge in [0, 0.05) is 25.0 Å². The van der Waals surface area contributed by atoms with Crippen LogP contribution in [0.5, 0.6) is 0 Å². The molecule has 1 aliphatic carbocycles. The third-order valence-electron chi connectivity index (χ3n) is 3.20. The minimum Gasteiger partial charge on any atom is -0.393 e. The molecule has 1 aliphatic rings. The Bertz CT molecular complexity index is 408. The van der Waals surface area contributed by atoms with E-state index in [4.69, 9.17) is 4.74 Å². The van der Waals surface area contributed by atoms with Crippen molar-refractivity contribution < 1.29 is 14.6 Å². The van der Waals surface area contributed by atoms with Crippen LogP contribution in [0, 0.1) is 5.92 Å². The average Bonchev–Trinajstić information content (AvgIpc) is 2.96. The van der Waals surface area contributed by atoms with Crippen LogP contribution in [0.4, 0.5) is 0 Å². The fourth-order valence-corrected chi connectivity index (χ4v) is 2.92. The number of amides is 1. The maximum absolute atomic E-state index is 11.8. The van der Waals surface area contributed by atoms with Crippen LogP contribution in [0.25, 0.3) is 0 Å². The molecular weight excluding hydrogens is 252 g/mol. The second kappa shape index (κ2) is 6.26. The Balaban J connectivity index is 1.83. The molecular formula is C12H18N2O3S. The molecule has 1 aromatic heterocycles. The van der Waals surface area contributed by atoms with Crippen LogP contribution in [0.2, 0.25) is 0 Å². The third-order valence-corrected chi connectivity index (χ3v) is 4.02. The van der Waals surface area contributed by atoms with Gasteiger partial charge in [-0.05, 0) is 12.8 Å². The first-order chi connectivity index (χ1) is 8.70. The number of nitrogens with one attached hydrogen (secondary N) is 1. The van der Waals surface area contributed by atoms with Gasteiger partial charge in [0.25, 0.3) is 5.91 Å². The van der Waals surface area contributed by atoms with Gasteiger partial charge in [-0.15, -0.1) is 11.3 Å². The van der Waals surface area contributed by atoms with Gasteiger partial charge in [0.1, 0.15) is 10.7 Å². The van der Waals surface area contributed by atoms with Crippen molar-refractivity contribution in [1.82, 2.24) is 10.3 Å². The van der Waals surface area contributed by atoms with Crippen LogP contribution in [-0.2, 0) is 11.3 Å². The van der Waals surface area contributed by atoms with Gasteiger partial charge in [0.15, 0.2) is 0 Å². The molecule has 5 nitrogen and oxygen atoms in total. The molecule has 0 aromatic carbocycles. The molecule has 1 aromatic rings. The Hall–Kier alpha value is -0.980. The number of hydrogen-bond acceptors (Lipinski definition) is 5. The molecule has 2 atom stereocenters. The lowest BCUT2D eigenvalue weighted by atomic mass is 10.1. The number of rotatable bonds is 5. The predicted octanol–water partition coefficient (Wildman–Crippen LogP) is 1.18. The zero-order valence-electron chi connectivity index (χ0n) is 10.4. The molecule has 6 heteroatoms. The number of aliphatic hydroxyl groups is 1. The third kappa shape index (κ3) is 3.28. The van der Waals surface area contributed by atoms with Crippen molar-refractivity contribution in [2.24, 2.45) is 5.92 Å². The van der Waals surface area contributed by atoms with E-state index in [1.165, 1.54) is 11.3 Å². The molecule has 0 saturated heterocycles. The summed E-state index contributed by atoms with van der Waals surface area (Å²) >= 11 is 1.41. The summed E-state index contributed by atoms with van der Waals surface area (Å²) < 4.78 is 4.96. The Morgan fingerprint density at radius 2 is 2.50 bits per heavy atom. The highest BCUT2D eigenvalue weighted by Crippen LogP contribution is 2.24. The van der Waals surface area contributed by atoms with Crippen LogP contribution in [0.1, 0.15) is 34.8 Å². The highest BCUT2D eigenvalue weighted by molar-refractivity contribution is 7.09. The minimum absolute atomic E-state index is 0.173. The summed E-state index contributed by atoms with van der Waals surface area (Å²) in [5.41, 5.74) is 0.430. The lowest BCUT2D eigenvalue weighted by Gasteiger charge is -2.14. The second-order valence-electron chi connectivity index (χ2n) is 4.53. The average molecular weight is 270 g/mol. The van der Waals surface area contributed by atoms with Crippen molar-refractivity contribution in [3.05, 3.63) is 16.1 Å². The van der Waals surface area contributed by atoms with Gasteiger partial charge in [-0.3, -0.25) is 4.79 Å². The van der Waals surface area contributed by atoms with Crippen LogP contribution < -0.4 is 5.32 Å². The van der Waals surface area contributed by atoms with Crippen molar-refractivity contribution in [3.8, 4) is 0 Å². The van der Waals surface area contributed by atoms with Gasteiger partial charge in [-0.2, -0.15) is 0 Å². The van der Waals surface area contributed by atoms with Crippen molar-refractivity contribution in [2.75, 3.05) is 13.7 Å². The molecule has 2 unspecified atom stereocenters. The summed E-state index contributed by atoms with van der Waals surface area (Å²) in [6, 6.07) is 0. The molecule has 1 saturated carbocycles. The summed E-state index contributed by atoms with van der Waals surface area (Å²) in [6.45, 7) is 0.955. The zero-order chi connectivity index (χ0) is 13.0. The van der Waals surface area contributed by atoms with Crippen molar-refractivity contribution in [2.45, 2.75) is 32.0 Å². The number of aliphatic hydroxyl groups excluding tert-OH is 1. The maximum Gasteiger partial charge on any atom is 0.270 e. The topological polar surface area (TPSA) is 71.5 Å². The summed E-state index contributed by atoms with van der Waals surface area (Å²) in [5.74, 6) is 0.0127. The minimum atomic E-state index is -0.273. The van der Waals surface area contributed by atoms with E-state index in [9.17, 15) is 9.90 Å². The van der Waals surface area contributed by atoms with Gasteiger partial charge in [-0.25, -0.2) is 4.98 Å². The smallest absolute Gasteiger partial charge is 0.270 e. The monoisotopic (exact) mass is 270 g/mol. The van der Waals surface area contributed by atoms with Gasteiger partial charge >= 0.3 is 0 Å². The maximum atomic E-state index is 11.8. The van der Waals surface area contributed by atoms with E-state index in [0.29, 0.717) is 18.8 Å². The van der Waals surface area contributed by atoms with E-state index < -0.39 is 0 Å². The standard InChI is InChI=1S/C12H18N2O3S/c1-17-6-11-14-9(7-18-11)12(16)13-5-8-3-2-4-10(8)15/h7-8,10,15H,2-6H2,1H3,(H,13,16). The Labute approximate surface area is 110 Å². The van der Waals surface area contributed by atoms with E-state index in [1.807, 2.05) is 0 Å². The highest BCUT2D eigenvalue weighted by Gasteiger charge is 2.25. The molecule has 0 aliphatic heterocycles. The molecule has 0 spiro atoms. The fraction of sp³-hybridized carbons (Fsp3) is 0.667. The molecule has 100 valence electrons. The van der Waals surface area contributed by atoms with Crippen molar-refractivity contribution in [3.63, 3.8) is 0 Å². The number of aromatic nitrogens is 1. The molecule has 1 heterocycles. The van der Waals surface area contributed by atoms with Gasteiger partial charge in [-0.1, -0.05) is 6.42 Å². The molecule has 1 fully saturated rings. The number of nitrogens with zero attached hydrogens (tertiary/aromatic N) is 1. The lowest BCUT2D eigenvalue weighted by molar-refractivity contribution is 0.0912. The van der Waals surface area contributed by atoms with E-state index in [-0.39, 0.29) is 17.9 Å². The first-order valence-electron chi connectivity index (χ1n) is 6.10. The fourth-order valence-electron chi connectivity index (χ4n) is 2.17. The molecule has 0 radical (unpaired) electrons. The second-order valence-corrected chi connectivity index (χ2v) is 5.47. The van der Waals surface area contributed by atoms with E-state index in [0.717, 1.165) is 24.3 Å². The quantitative estimate of drug-likeness (QED) is 0.843. The normalized spacial score (nSPS) is 23.2. The highest BCUT2D eigenvalue weighted by atomic mass is 32.1. The number of thiazole rings is 1. The zero-order valence-corrected chi connectivity index (χ0v) is 11.2. The molecule has 18 heavy (non-hydrogen) atoms. The molecule has 2 N–H and O–H groups in total. The SMILES string of the molecule is COCc1nc(C(=O)NCC2CCCC2O)cs1. The number of methoxy groups -OCH3 is 1. The lowest BCUT2D eigenvalue weighted by Crippen LogP contribution is -2.32. The molecule has 1 amide bonds. The molecule has 0 bridgehead atoms. The van der Waals surface area contributed by atoms with Crippen molar-refractivity contribution in [1.29, 1.82) is 0 Å². The number of hydrogen-bond donors (Lipinski definition) is 2. The molecule has 2 rings (SSSR count). The first kappa shape index (κ1) is 13.5. The van der Waals surface area contributed by atoms with Crippen LogP contribution in [-0.4, -0.2) is 35.8 Å². The Morgan fingerprint density at radius 3 is 3.17 bits per heavy atom. The van der Waals surface area contributed by atoms with E-state index >= 15 is 0 Å². The Kier molecular flexibility index (Phi) is 4.68. The van der Waals surface area contributed by atoms with Gasteiger partial charge < -0.3 is 15.2 Å². The summed E-state index contributed by atoms with van der Waals surface area (Å²) in [5, 5.41) is 15.0. The summed E-state index contributed by atoms with van der Waals surface area (Å²) in [4.78, 5) is 16.0. The van der Waals surface area contributed by atoms with Crippen LogP contribution in [0.3, 0.4) is 0 Å². The summed E-state index contributed by atoms with van der Waals surface area (Å²) in [7, 11) is 1.60. The number of carbonyl (C=O) groups excluding carboxylic acids is 1. The van der Waals surface area contributed by atoms with E-state index in [2.05, 4.69) is 10.3 Å². The largest absolute Gasteiger partial charge is 0.393 e. The van der Waals surface area contributed by atoms with Gasteiger partial charge in [0.05, 0.1) is 12.7 Å². The predicted molar refractivity (Wildman–Crippen MR) is 68.5 cm³/mol. The summed E-state index contributed by atoms with van der Waals surface area (Å²) in [6.07, 6.45) is 2.59. The van der Waals surface area contributed by atoms with Crippen molar-refractivity contribution >= 4 is 17.2 Å². The number of carbonyl (C=O) groups is 1.